The highest BCUT2D eigenvalue weighted by Gasteiger charge is 2.14. The van der Waals surface area contributed by atoms with Gasteiger partial charge in [-0.3, -0.25) is 0 Å². The molecule has 1 aliphatic rings. The number of hydrogen-bond donors (Lipinski definition) is 1. The molecule has 68 valence electrons. The van der Waals surface area contributed by atoms with Crippen LogP contribution in [0, 0.1) is 11.3 Å². The fourth-order valence-corrected chi connectivity index (χ4v) is 1.92. The van der Waals surface area contributed by atoms with Gasteiger partial charge in [0, 0.05) is 37.7 Å². The number of piperazine rings is 1. The molecule has 2 heterocycles. The first-order valence-electron chi connectivity index (χ1n) is 4.09. The summed E-state index contributed by atoms with van der Waals surface area (Å²) in [5.41, 5.74) is 0. The Morgan fingerprint density at radius 1 is 1.46 bits per heavy atom. The minimum absolute atomic E-state index is 0.276. The molecule has 1 aromatic rings. The Morgan fingerprint density at radius 2 is 2.23 bits per heavy atom. The van der Waals surface area contributed by atoms with Crippen LogP contribution in [0.4, 0.5) is 5.13 Å². The molecular formula is C7H9N5S. The zero-order chi connectivity index (χ0) is 9.10. The zero-order valence-electron chi connectivity index (χ0n) is 7.03. The van der Waals surface area contributed by atoms with Gasteiger partial charge in [-0.2, -0.15) is 14.6 Å². The third-order valence-electron chi connectivity index (χ3n) is 1.90. The van der Waals surface area contributed by atoms with E-state index in [0.717, 1.165) is 31.3 Å². The van der Waals surface area contributed by atoms with Crippen molar-refractivity contribution < 1.29 is 0 Å². The molecule has 0 spiro atoms. The molecule has 13 heavy (non-hydrogen) atoms. The Kier molecular flexibility index (Phi) is 2.38. The van der Waals surface area contributed by atoms with Crippen LogP contribution in [-0.4, -0.2) is 35.5 Å². The fraction of sp³-hybridized carbons (Fsp3) is 0.571. The summed E-state index contributed by atoms with van der Waals surface area (Å²) >= 11 is 1.30. The maximum absolute atomic E-state index is 8.55. The van der Waals surface area contributed by atoms with Crippen LogP contribution in [0.25, 0.3) is 0 Å². The lowest BCUT2D eigenvalue weighted by Crippen LogP contribution is -2.43. The van der Waals surface area contributed by atoms with E-state index in [-0.39, 0.29) is 5.82 Å². The molecule has 0 saturated carbocycles. The van der Waals surface area contributed by atoms with Gasteiger partial charge >= 0.3 is 0 Å². The number of nitriles is 1. The van der Waals surface area contributed by atoms with Crippen molar-refractivity contribution in [1.82, 2.24) is 14.7 Å². The fourth-order valence-electron chi connectivity index (χ4n) is 1.25. The van der Waals surface area contributed by atoms with Gasteiger partial charge in [0.2, 0.25) is 11.0 Å². The molecule has 2 rings (SSSR count). The molecule has 0 unspecified atom stereocenters. The SMILES string of the molecule is N#Cc1nsc(N2CCNCC2)n1. The van der Waals surface area contributed by atoms with Gasteiger partial charge in [0.05, 0.1) is 0 Å². The summed E-state index contributed by atoms with van der Waals surface area (Å²) < 4.78 is 3.92. The minimum Gasteiger partial charge on any atom is -0.344 e. The van der Waals surface area contributed by atoms with Crippen LogP contribution in [0.5, 0.6) is 0 Å². The predicted octanol–water partition coefficient (Wildman–Crippen LogP) is -0.181. The summed E-state index contributed by atoms with van der Waals surface area (Å²) in [5.74, 6) is 0.276. The van der Waals surface area contributed by atoms with E-state index >= 15 is 0 Å². The molecule has 1 saturated heterocycles. The number of nitrogens with one attached hydrogen (secondary N) is 1. The molecule has 0 aliphatic carbocycles. The largest absolute Gasteiger partial charge is 0.344 e. The van der Waals surface area contributed by atoms with Crippen LogP contribution < -0.4 is 10.2 Å². The van der Waals surface area contributed by atoms with Crippen molar-refractivity contribution in [2.75, 3.05) is 31.1 Å². The van der Waals surface area contributed by atoms with Crippen molar-refractivity contribution in [2.24, 2.45) is 0 Å². The van der Waals surface area contributed by atoms with Crippen LogP contribution in [0.3, 0.4) is 0 Å². The molecule has 1 aliphatic heterocycles. The molecule has 6 heteroatoms. The topological polar surface area (TPSA) is 64.8 Å². The number of rotatable bonds is 1. The van der Waals surface area contributed by atoms with Gasteiger partial charge in [-0.25, -0.2) is 0 Å². The average molecular weight is 195 g/mol. The van der Waals surface area contributed by atoms with Crippen molar-refractivity contribution in [3.63, 3.8) is 0 Å². The lowest BCUT2D eigenvalue weighted by Gasteiger charge is -2.26. The van der Waals surface area contributed by atoms with E-state index < -0.39 is 0 Å². The summed E-state index contributed by atoms with van der Waals surface area (Å²) in [7, 11) is 0. The smallest absolute Gasteiger partial charge is 0.245 e. The summed E-state index contributed by atoms with van der Waals surface area (Å²) in [6.45, 7) is 3.84. The maximum Gasteiger partial charge on any atom is 0.245 e. The molecular weight excluding hydrogens is 186 g/mol. The highest BCUT2D eigenvalue weighted by Crippen LogP contribution is 2.16. The van der Waals surface area contributed by atoms with Gasteiger partial charge < -0.3 is 10.2 Å². The molecule has 0 aromatic carbocycles. The van der Waals surface area contributed by atoms with Crippen molar-refractivity contribution in [3.05, 3.63) is 5.82 Å². The second-order valence-electron chi connectivity index (χ2n) is 2.75. The number of hydrogen-bond acceptors (Lipinski definition) is 6. The van der Waals surface area contributed by atoms with Gasteiger partial charge in [0.15, 0.2) is 0 Å². The Labute approximate surface area is 80.2 Å². The molecule has 5 nitrogen and oxygen atoms in total. The second-order valence-corrected chi connectivity index (χ2v) is 3.48. The first-order chi connectivity index (χ1) is 6.40. The average Bonchev–Trinajstić information content (AvgIpc) is 2.67. The quantitative estimate of drug-likeness (QED) is 0.673. The van der Waals surface area contributed by atoms with Gasteiger partial charge in [-0.05, 0) is 0 Å². The summed E-state index contributed by atoms with van der Waals surface area (Å²) in [6, 6.07) is 1.93. The molecule has 1 aromatic heterocycles. The number of anilines is 1. The van der Waals surface area contributed by atoms with Crippen LogP contribution in [0.2, 0.25) is 0 Å². The van der Waals surface area contributed by atoms with E-state index in [0.29, 0.717) is 0 Å². The highest BCUT2D eigenvalue weighted by atomic mass is 32.1. The number of nitrogens with zero attached hydrogens (tertiary/aromatic N) is 4. The normalized spacial score (nSPS) is 17.0. The summed E-state index contributed by atoms with van der Waals surface area (Å²) in [6.07, 6.45) is 0. The summed E-state index contributed by atoms with van der Waals surface area (Å²) in [4.78, 5) is 6.24. The van der Waals surface area contributed by atoms with Crippen LogP contribution in [-0.2, 0) is 0 Å². The zero-order valence-corrected chi connectivity index (χ0v) is 7.84. The van der Waals surface area contributed by atoms with E-state index in [4.69, 9.17) is 5.26 Å². The summed E-state index contributed by atoms with van der Waals surface area (Å²) in [5, 5.41) is 12.7. The third-order valence-corrected chi connectivity index (χ3v) is 2.68. The van der Waals surface area contributed by atoms with E-state index in [1.165, 1.54) is 11.5 Å². The van der Waals surface area contributed by atoms with Crippen LogP contribution in [0.15, 0.2) is 0 Å². The first-order valence-corrected chi connectivity index (χ1v) is 4.87. The Bertz CT molecular complexity index is 322. The minimum atomic E-state index is 0.276. The number of aromatic nitrogens is 2. The van der Waals surface area contributed by atoms with E-state index in [1.807, 2.05) is 6.07 Å². The van der Waals surface area contributed by atoms with E-state index in [2.05, 4.69) is 19.6 Å². The standard InChI is InChI=1S/C7H9N5S/c8-5-6-10-7(13-11-6)12-3-1-9-2-4-12/h9H,1-4H2. The lowest BCUT2D eigenvalue weighted by molar-refractivity contribution is 0.588. The highest BCUT2D eigenvalue weighted by molar-refractivity contribution is 7.09. The Balaban J connectivity index is 2.11. The monoisotopic (exact) mass is 195 g/mol. The molecule has 0 atom stereocenters. The molecule has 0 bridgehead atoms. The van der Waals surface area contributed by atoms with E-state index in [1.54, 1.807) is 0 Å². The molecule has 1 N–H and O–H groups in total. The van der Waals surface area contributed by atoms with E-state index in [9.17, 15) is 0 Å². The van der Waals surface area contributed by atoms with Crippen LogP contribution >= 0.6 is 11.5 Å². The van der Waals surface area contributed by atoms with Gasteiger partial charge in [0.25, 0.3) is 0 Å². The molecule has 1 fully saturated rings. The Morgan fingerprint density at radius 3 is 2.85 bits per heavy atom. The van der Waals surface area contributed by atoms with Gasteiger partial charge in [-0.15, -0.1) is 0 Å². The maximum atomic E-state index is 8.55. The van der Waals surface area contributed by atoms with Gasteiger partial charge in [0.1, 0.15) is 6.07 Å². The predicted molar refractivity (Wildman–Crippen MR) is 49.7 cm³/mol. The first kappa shape index (κ1) is 8.41. The van der Waals surface area contributed by atoms with Crippen molar-refractivity contribution in [1.29, 1.82) is 5.26 Å². The van der Waals surface area contributed by atoms with Gasteiger partial charge in [-0.1, -0.05) is 0 Å². The van der Waals surface area contributed by atoms with Crippen molar-refractivity contribution in [3.8, 4) is 6.07 Å². The lowest BCUT2D eigenvalue weighted by atomic mass is 10.4. The van der Waals surface area contributed by atoms with Crippen molar-refractivity contribution in [2.45, 2.75) is 0 Å². The second kappa shape index (κ2) is 3.68. The Hall–Kier alpha value is -1.19. The third kappa shape index (κ3) is 1.76. The van der Waals surface area contributed by atoms with Crippen molar-refractivity contribution >= 4 is 16.7 Å². The molecule has 0 radical (unpaired) electrons. The molecule has 0 amide bonds. The van der Waals surface area contributed by atoms with Crippen LogP contribution in [0.1, 0.15) is 5.82 Å².